The summed E-state index contributed by atoms with van der Waals surface area (Å²) < 4.78 is 6.78. The van der Waals surface area contributed by atoms with E-state index in [4.69, 9.17) is 16.3 Å². The van der Waals surface area contributed by atoms with Crippen molar-refractivity contribution in [3.8, 4) is 5.75 Å². The Hall–Kier alpha value is -0.210. The van der Waals surface area contributed by atoms with Gasteiger partial charge in [0.2, 0.25) is 0 Å². The van der Waals surface area contributed by atoms with E-state index in [1.54, 1.807) is 0 Å². The predicted molar refractivity (Wildman–Crippen MR) is 80.5 cm³/mol. The van der Waals surface area contributed by atoms with Gasteiger partial charge in [0, 0.05) is 10.0 Å². The molecule has 1 saturated carbocycles. The second-order valence-electron chi connectivity index (χ2n) is 5.34. The minimum Gasteiger partial charge on any atom is -0.494 e. The van der Waals surface area contributed by atoms with Gasteiger partial charge in [-0.3, -0.25) is 0 Å². The molecule has 0 aromatic heterocycles. The number of rotatable bonds is 4. The molecule has 1 aromatic carbocycles. The summed E-state index contributed by atoms with van der Waals surface area (Å²) in [5.41, 5.74) is 1.33. The maximum absolute atomic E-state index is 6.77. The van der Waals surface area contributed by atoms with E-state index in [1.165, 1.54) is 25.7 Å². The summed E-state index contributed by atoms with van der Waals surface area (Å²) in [5.74, 6) is 0.925. The van der Waals surface area contributed by atoms with Crippen LogP contribution >= 0.6 is 27.5 Å². The van der Waals surface area contributed by atoms with Gasteiger partial charge in [0.15, 0.2) is 0 Å². The van der Waals surface area contributed by atoms with Crippen molar-refractivity contribution in [3.63, 3.8) is 0 Å². The normalized spacial score (nSPS) is 19.8. The Labute approximate surface area is 123 Å². The van der Waals surface area contributed by atoms with Crippen molar-refractivity contribution in [3.05, 3.63) is 28.2 Å². The minimum atomic E-state index is 0.0269. The lowest BCUT2D eigenvalue weighted by atomic mass is 9.81. The fourth-order valence-corrected chi connectivity index (χ4v) is 3.58. The van der Waals surface area contributed by atoms with Gasteiger partial charge in [-0.15, -0.1) is 11.6 Å². The van der Waals surface area contributed by atoms with Crippen LogP contribution in [0.2, 0.25) is 0 Å². The predicted octanol–water partition coefficient (Wildman–Crippen LogP) is 5.71. The average Bonchev–Trinajstić information content (AvgIpc) is 2.79. The first-order valence-electron chi connectivity index (χ1n) is 6.63. The monoisotopic (exact) mass is 330 g/mol. The molecule has 2 rings (SSSR count). The lowest BCUT2D eigenvalue weighted by Gasteiger charge is -2.31. The Morgan fingerprint density at radius 1 is 1.39 bits per heavy atom. The van der Waals surface area contributed by atoms with Gasteiger partial charge in [-0.2, -0.15) is 0 Å². The van der Waals surface area contributed by atoms with Crippen molar-refractivity contribution in [2.24, 2.45) is 5.41 Å². The van der Waals surface area contributed by atoms with Crippen LogP contribution < -0.4 is 4.74 Å². The summed E-state index contributed by atoms with van der Waals surface area (Å²) in [6.45, 7) is 4.98. The lowest BCUT2D eigenvalue weighted by Crippen LogP contribution is -2.18. The van der Waals surface area contributed by atoms with E-state index >= 15 is 0 Å². The minimum absolute atomic E-state index is 0.0269. The topological polar surface area (TPSA) is 9.23 Å². The van der Waals surface area contributed by atoms with Crippen LogP contribution in [0.4, 0.5) is 0 Å². The van der Waals surface area contributed by atoms with Gasteiger partial charge in [0.25, 0.3) is 0 Å². The molecule has 1 aromatic rings. The van der Waals surface area contributed by atoms with Gasteiger partial charge in [-0.25, -0.2) is 0 Å². The summed E-state index contributed by atoms with van der Waals surface area (Å²) in [6.07, 6.45) is 4.99. The maximum atomic E-state index is 6.77. The molecule has 0 spiro atoms. The number of hydrogen-bond acceptors (Lipinski definition) is 1. The standard InChI is InChI=1S/C15H20BrClO/c1-3-18-13-7-6-11(16)10-12(13)14(17)15(2)8-4-5-9-15/h6-7,10,14H,3-5,8-9H2,1-2H3. The number of hydrogen-bond donors (Lipinski definition) is 0. The molecule has 1 fully saturated rings. The molecule has 1 atom stereocenters. The Morgan fingerprint density at radius 3 is 2.67 bits per heavy atom. The van der Waals surface area contributed by atoms with Crippen LogP contribution in [0, 0.1) is 5.41 Å². The Morgan fingerprint density at radius 2 is 2.06 bits per heavy atom. The third kappa shape index (κ3) is 2.85. The van der Waals surface area contributed by atoms with Gasteiger partial charge in [0.1, 0.15) is 5.75 Å². The Bertz CT molecular complexity index is 413. The SMILES string of the molecule is CCOc1ccc(Br)cc1C(Cl)C1(C)CCCC1. The third-order valence-electron chi connectivity index (χ3n) is 3.90. The molecule has 18 heavy (non-hydrogen) atoms. The van der Waals surface area contributed by atoms with Crippen molar-refractivity contribution >= 4 is 27.5 Å². The quantitative estimate of drug-likeness (QED) is 0.642. The highest BCUT2D eigenvalue weighted by atomic mass is 79.9. The van der Waals surface area contributed by atoms with Crippen LogP contribution in [-0.4, -0.2) is 6.61 Å². The van der Waals surface area contributed by atoms with Crippen molar-refractivity contribution < 1.29 is 4.74 Å². The molecule has 0 bridgehead atoms. The number of alkyl halides is 1. The summed E-state index contributed by atoms with van der Waals surface area (Å²) in [6, 6.07) is 6.12. The Balaban J connectivity index is 2.33. The molecule has 3 heteroatoms. The summed E-state index contributed by atoms with van der Waals surface area (Å²) in [4.78, 5) is 0. The molecular formula is C15H20BrClO. The van der Waals surface area contributed by atoms with Crippen molar-refractivity contribution in [1.82, 2.24) is 0 Å². The van der Waals surface area contributed by atoms with Crippen LogP contribution in [0.5, 0.6) is 5.75 Å². The Kier molecular flexibility index (Phi) is 4.60. The van der Waals surface area contributed by atoms with E-state index in [9.17, 15) is 0 Å². The first-order valence-corrected chi connectivity index (χ1v) is 7.86. The molecule has 0 saturated heterocycles. The largest absolute Gasteiger partial charge is 0.494 e. The summed E-state index contributed by atoms with van der Waals surface area (Å²) in [7, 11) is 0. The smallest absolute Gasteiger partial charge is 0.124 e. The fourth-order valence-electron chi connectivity index (χ4n) is 2.82. The molecule has 1 nitrogen and oxygen atoms in total. The highest BCUT2D eigenvalue weighted by molar-refractivity contribution is 9.10. The molecule has 0 heterocycles. The highest BCUT2D eigenvalue weighted by Crippen LogP contribution is 2.52. The van der Waals surface area contributed by atoms with Gasteiger partial charge in [-0.1, -0.05) is 35.7 Å². The van der Waals surface area contributed by atoms with Gasteiger partial charge in [-0.05, 0) is 43.4 Å². The molecular weight excluding hydrogens is 312 g/mol. The molecule has 100 valence electrons. The van der Waals surface area contributed by atoms with Gasteiger partial charge >= 0.3 is 0 Å². The first-order chi connectivity index (χ1) is 8.57. The first kappa shape index (κ1) is 14.2. The van der Waals surface area contributed by atoms with Gasteiger partial charge in [0.05, 0.1) is 12.0 Å². The number of halogens is 2. The van der Waals surface area contributed by atoms with E-state index in [1.807, 2.05) is 19.1 Å². The van der Waals surface area contributed by atoms with Crippen LogP contribution in [0.3, 0.4) is 0 Å². The molecule has 1 aliphatic carbocycles. The van der Waals surface area contributed by atoms with E-state index in [0.717, 1.165) is 15.8 Å². The van der Waals surface area contributed by atoms with Crippen LogP contribution in [0.1, 0.15) is 50.5 Å². The average molecular weight is 332 g/mol. The van der Waals surface area contributed by atoms with Gasteiger partial charge < -0.3 is 4.74 Å². The van der Waals surface area contributed by atoms with Crippen LogP contribution in [-0.2, 0) is 0 Å². The van der Waals surface area contributed by atoms with Crippen LogP contribution in [0.15, 0.2) is 22.7 Å². The number of ether oxygens (including phenoxy) is 1. The zero-order chi connectivity index (χ0) is 13.2. The molecule has 1 aliphatic rings. The van der Waals surface area contributed by atoms with E-state index in [2.05, 4.69) is 28.9 Å². The van der Waals surface area contributed by atoms with Crippen molar-refractivity contribution in [2.45, 2.75) is 44.9 Å². The summed E-state index contributed by atoms with van der Waals surface area (Å²) in [5, 5.41) is 0.0269. The molecule has 1 unspecified atom stereocenters. The van der Waals surface area contributed by atoms with Crippen molar-refractivity contribution in [2.75, 3.05) is 6.61 Å². The zero-order valence-electron chi connectivity index (χ0n) is 11.0. The molecule has 0 radical (unpaired) electrons. The van der Waals surface area contributed by atoms with E-state index in [-0.39, 0.29) is 10.8 Å². The second kappa shape index (κ2) is 5.83. The molecule has 0 N–H and O–H groups in total. The molecule has 0 amide bonds. The van der Waals surface area contributed by atoms with Crippen molar-refractivity contribution in [1.29, 1.82) is 0 Å². The third-order valence-corrected chi connectivity index (χ3v) is 5.16. The summed E-state index contributed by atoms with van der Waals surface area (Å²) >= 11 is 10.3. The van der Waals surface area contributed by atoms with E-state index in [0.29, 0.717) is 6.61 Å². The second-order valence-corrected chi connectivity index (χ2v) is 6.69. The fraction of sp³-hybridized carbons (Fsp3) is 0.600. The molecule has 0 aliphatic heterocycles. The zero-order valence-corrected chi connectivity index (χ0v) is 13.4. The van der Waals surface area contributed by atoms with Crippen LogP contribution in [0.25, 0.3) is 0 Å². The lowest BCUT2D eigenvalue weighted by molar-refractivity contribution is 0.300. The number of benzene rings is 1. The maximum Gasteiger partial charge on any atom is 0.124 e. The van der Waals surface area contributed by atoms with E-state index < -0.39 is 0 Å². The highest BCUT2D eigenvalue weighted by Gasteiger charge is 2.38.